The summed E-state index contributed by atoms with van der Waals surface area (Å²) in [4.78, 5) is 20.9. The Morgan fingerprint density at radius 1 is 1.38 bits per heavy atom. The topological polar surface area (TPSA) is 92.9 Å². The van der Waals surface area contributed by atoms with Crippen LogP contribution in [0.15, 0.2) is 60.3 Å². The maximum atomic E-state index is 10.6. The lowest BCUT2D eigenvalue weighted by molar-refractivity contribution is -0.384. The molecule has 0 radical (unpaired) electrons. The predicted octanol–water partition coefficient (Wildman–Crippen LogP) is 3.78. The Hall–Kier alpha value is -3.09. The van der Waals surface area contributed by atoms with Crippen molar-refractivity contribution in [2.75, 3.05) is 13.1 Å². The summed E-state index contributed by atoms with van der Waals surface area (Å²) in [5, 5.41) is 17.5. The minimum atomic E-state index is -0.409. The molecule has 1 aliphatic heterocycles. The lowest BCUT2D eigenvalue weighted by atomic mass is 10.3. The van der Waals surface area contributed by atoms with Gasteiger partial charge < -0.3 is 14.7 Å². The van der Waals surface area contributed by atoms with Crippen LogP contribution >= 0.6 is 0 Å². The van der Waals surface area contributed by atoms with Gasteiger partial charge in [0.2, 0.25) is 0 Å². The van der Waals surface area contributed by atoms with Crippen LogP contribution in [0.5, 0.6) is 5.75 Å². The van der Waals surface area contributed by atoms with Crippen LogP contribution in [0, 0.1) is 10.1 Å². The van der Waals surface area contributed by atoms with Gasteiger partial charge in [-0.1, -0.05) is 24.3 Å². The number of hydrogen-bond acceptors (Lipinski definition) is 5. The zero-order valence-electron chi connectivity index (χ0n) is 15.0. The summed E-state index contributed by atoms with van der Waals surface area (Å²) in [6.07, 6.45) is 7.09. The summed E-state index contributed by atoms with van der Waals surface area (Å²) in [6, 6.07) is 6.24. The SMILES string of the molecule is C=C(C)/C=C\C=C(/C)N1CCC(Oc2ccc([N+](=O)[O-])cc2)C1.O=CO. The van der Waals surface area contributed by atoms with Gasteiger partial charge in [-0.2, -0.15) is 0 Å². The van der Waals surface area contributed by atoms with Crippen molar-refractivity contribution < 1.29 is 19.6 Å². The van der Waals surface area contributed by atoms with Crippen molar-refractivity contribution in [3.8, 4) is 5.75 Å². The standard InChI is InChI=1S/C18H22N2O3.CH2O2/c1-14(2)5-4-6-15(3)19-12-11-18(13-19)23-17-9-7-16(8-10-17)20(21)22;2-1-3/h4-10,18H,1,11-13H2,2-3H3;1H,(H,2,3)/b5-4-,15-6+;. The highest BCUT2D eigenvalue weighted by molar-refractivity contribution is 5.36. The third kappa shape index (κ3) is 7.21. The summed E-state index contributed by atoms with van der Waals surface area (Å²) in [7, 11) is 0. The molecule has 0 aromatic heterocycles. The second-order valence-corrected chi connectivity index (χ2v) is 5.84. The number of rotatable bonds is 6. The number of carbonyl (C=O) groups is 1. The smallest absolute Gasteiger partial charge is 0.290 e. The van der Waals surface area contributed by atoms with Crippen molar-refractivity contribution in [2.24, 2.45) is 0 Å². The van der Waals surface area contributed by atoms with Crippen molar-refractivity contribution in [1.29, 1.82) is 0 Å². The molecule has 0 saturated carbocycles. The zero-order valence-corrected chi connectivity index (χ0v) is 15.0. The molecule has 1 N–H and O–H groups in total. The fourth-order valence-electron chi connectivity index (χ4n) is 2.44. The molecule has 1 fully saturated rings. The first-order valence-electron chi connectivity index (χ1n) is 8.11. The average molecular weight is 360 g/mol. The maximum Gasteiger partial charge on any atom is 0.290 e. The van der Waals surface area contributed by atoms with Crippen LogP contribution in [0.25, 0.3) is 0 Å². The van der Waals surface area contributed by atoms with Crippen molar-refractivity contribution in [2.45, 2.75) is 26.4 Å². The first kappa shape index (κ1) is 21.0. The molecule has 0 aliphatic carbocycles. The van der Waals surface area contributed by atoms with E-state index in [9.17, 15) is 10.1 Å². The third-order valence-corrected chi connectivity index (χ3v) is 3.71. The fourth-order valence-corrected chi connectivity index (χ4v) is 2.44. The van der Waals surface area contributed by atoms with Crippen LogP contribution < -0.4 is 4.74 Å². The van der Waals surface area contributed by atoms with Gasteiger partial charge in [0.15, 0.2) is 0 Å². The first-order valence-corrected chi connectivity index (χ1v) is 8.11. The van der Waals surface area contributed by atoms with Gasteiger partial charge >= 0.3 is 0 Å². The Morgan fingerprint density at radius 3 is 2.54 bits per heavy atom. The van der Waals surface area contributed by atoms with Crippen molar-refractivity contribution in [1.82, 2.24) is 4.90 Å². The molecule has 1 unspecified atom stereocenters. The molecule has 1 aromatic rings. The van der Waals surface area contributed by atoms with Crippen LogP contribution in [0.1, 0.15) is 20.3 Å². The molecule has 0 amide bonds. The second kappa shape index (κ2) is 10.7. The predicted molar refractivity (Wildman–Crippen MR) is 100 cm³/mol. The number of allylic oxidation sites excluding steroid dienone is 5. The number of nitrogens with zero attached hydrogens (tertiary/aromatic N) is 2. The minimum Gasteiger partial charge on any atom is -0.489 e. The first-order chi connectivity index (χ1) is 12.4. The summed E-state index contributed by atoms with van der Waals surface area (Å²) < 4.78 is 5.91. The number of likely N-dealkylation sites (tertiary alicyclic amines) is 1. The normalized spacial score (nSPS) is 16.8. The molecule has 0 bridgehead atoms. The molecule has 1 saturated heterocycles. The Kier molecular flexibility index (Phi) is 8.63. The van der Waals surface area contributed by atoms with Crippen LogP contribution in [-0.4, -0.2) is 40.6 Å². The van der Waals surface area contributed by atoms with E-state index in [1.54, 1.807) is 12.1 Å². The average Bonchev–Trinajstić information content (AvgIpc) is 3.04. The van der Waals surface area contributed by atoms with E-state index in [4.69, 9.17) is 14.6 Å². The van der Waals surface area contributed by atoms with E-state index in [2.05, 4.69) is 24.5 Å². The third-order valence-electron chi connectivity index (χ3n) is 3.71. The molecular formula is C19H24N2O5. The van der Waals surface area contributed by atoms with Crippen molar-refractivity contribution in [3.63, 3.8) is 0 Å². The summed E-state index contributed by atoms with van der Waals surface area (Å²) in [5.74, 6) is 0.672. The monoisotopic (exact) mass is 360 g/mol. The van der Waals surface area contributed by atoms with Gasteiger partial charge in [-0.15, -0.1) is 0 Å². The molecule has 1 atom stereocenters. The van der Waals surface area contributed by atoms with E-state index in [-0.39, 0.29) is 18.3 Å². The van der Waals surface area contributed by atoms with Crippen LogP contribution in [0.3, 0.4) is 0 Å². The molecule has 0 spiro atoms. The highest BCUT2D eigenvalue weighted by Gasteiger charge is 2.24. The van der Waals surface area contributed by atoms with Gasteiger partial charge in [-0.25, -0.2) is 0 Å². The Morgan fingerprint density at radius 2 is 2.00 bits per heavy atom. The number of ether oxygens (including phenoxy) is 1. The summed E-state index contributed by atoms with van der Waals surface area (Å²) in [5.41, 5.74) is 2.29. The molecule has 7 heteroatoms. The minimum absolute atomic E-state index is 0.0773. The Balaban J connectivity index is 0.00000105. The summed E-state index contributed by atoms with van der Waals surface area (Å²) in [6.45, 7) is 9.39. The van der Waals surface area contributed by atoms with E-state index < -0.39 is 4.92 Å². The van der Waals surface area contributed by atoms with E-state index >= 15 is 0 Å². The van der Waals surface area contributed by atoms with E-state index in [0.717, 1.165) is 25.1 Å². The number of nitro benzene ring substituents is 1. The molecule has 7 nitrogen and oxygen atoms in total. The molecular weight excluding hydrogens is 336 g/mol. The van der Waals surface area contributed by atoms with Crippen molar-refractivity contribution >= 4 is 12.2 Å². The molecule has 1 heterocycles. The number of nitro groups is 1. The lowest BCUT2D eigenvalue weighted by Crippen LogP contribution is -2.23. The van der Waals surface area contributed by atoms with Gasteiger partial charge in [-0.3, -0.25) is 14.9 Å². The van der Waals surface area contributed by atoms with E-state index in [0.29, 0.717) is 5.75 Å². The van der Waals surface area contributed by atoms with Crippen LogP contribution in [0.4, 0.5) is 5.69 Å². The Bertz CT molecular complexity index is 680. The highest BCUT2D eigenvalue weighted by atomic mass is 16.6. The van der Waals surface area contributed by atoms with Crippen LogP contribution in [0.2, 0.25) is 0 Å². The summed E-state index contributed by atoms with van der Waals surface area (Å²) >= 11 is 0. The van der Waals surface area contributed by atoms with Gasteiger partial charge in [0, 0.05) is 30.8 Å². The van der Waals surface area contributed by atoms with E-state index in [1.165, 1.54) is 17.8 Å². The Labute approximate surface area is 153 Å². The second-order valence-electron chi connectivity index (χ2n) is 5.84. The van der Waals surface area contributed by atoms with Crippen LogP contribution in [-0.2, 0) is 4.79 Å². The van der Waals surface area contributed by atoms with Crippen molar-refractivity contribution in [3.05, 3.63) is 70.5 Å². The molecule has 1 aliphatic rings. The number of non-ortho nitro benzene ring substituents is 1. The molecule has 140 valence electrons. The lowest BCUT2D eigenvalue weighted by Gasteiger charge is -2.19. The molecule has 1 aromatic carbocycles. The largest absolute Gasteiger partial charge is 0.489 e. The van der Waals surface area contributed by atoms with Gasteiger partial charge in [0.1, 0.15) is 11.9 Å². The quantitative estimate of drug-likeness (QED) is 0.359. The highest BCUT2D eigenvalue weighted by Crippen LogP contribution is 2.23. The van der Waals surface area contributed by atoms with Gasteiger partial charge in [-0.05, 0) is 32.1 Å². The van der Waals surface area contributed by atoms with E-state index in [1.807, 2.05) is 19.1 Å². The number of carboxylic acid groups (broad SMARTS) is 1. The fraction of sp³-hybridized carbons (Fsp3) is 0.316. The maximum absolute atomic E-state index is 10.6. The zero-order chi connectivity index (χ0) is 19.5. The van der Waals surface area contributed by atoms with Gasteiger partial charge in [0.25, 0.3) is 12.2 Å². The number of hydrogen-bond donors (Lipinski definition) is 1. The number of benzene rings is 1. The molecule has 2 rings (SSSR count). The molecule has 26 heavy (non-hydrogen) atoms. The van der Waals surface area contributed by atoms with Gasteiger partial charge in [0.05, 0.1) is 11.5 Å².